The van der Waals surface area contributed by atoms with E-state index in [-0.39, 0.29) is 17.4 Å². The number of ether oxygens (including phenoxy) is 1. The van der Waals surface area contributed by atoms with Crippen molar-refractivity contribution in [3.8, 4) is 0 Å². The van der Waals surface area contributed by atoms with Crippen LogP contribution < -0.4 is 10.6 Å². The van der Waals surface area contributed by atoms with Crippen LogP contribution in [0.3, 0.4) is 0 Å². The Kier molecular flexibility index (Phi) is 3.97. The maximum atomic E-state index is 12.3. The molecule has 1 atom stereocenters. The minimum absolute atomic E-state index is 0.224. The summed E-state index contributed by atoms with van der Waals surface area (Å²) >= 11 is 0. The van der Waals surface area contributed by atoms with Crippen LogP contribution in [0.15, 0.2) is 0 Å². The third-order valence-corrected chi connectivity index (χ3v) is 4.23. The standard InChI is InChI=1S/C14H26N2O2/c1-4-18-10-13(2,3)16-12(17)11-9-14(11)5-7-15-8-6-14/h11,15H,4-10H2,1-3H3,(H,16,17)/t11-/m0/s1. The topological polar surface area (TPSA) is 50.4 Å². The van der Waals surface area contributed by atoms with E-state index in [1.54, 1.807) is 0 Å². The Morgan fingerprint density at radius 1 is 1.44 bits per heavy atom. The molecule has 1 saturated heterocycles. The van der Waals surface area contributed by atoms with Gasteiger partial charge in [0.25, 0.3) is 0 Å². The van der Waals surface area contributed by atoms with Crippen LogP contribution in [0, 0.1) is 11.3 Å². The minimum Gasteiger partial charge on any atom is -0.379 e. The van der Waals surface area contributed by atoms with E-state index in [9.17, 15) is 4.79 Å². The van der Waals surface area contributed by atoms with Crippen LogP contribution in [0.1, 0.15) is 40.0 Å². The Balaban J connectivity index is 1.82. The molecule has 1 spiro atoms. The molecule has 4 heteroatoms. The summed E-state index contributed by atoms with van der Waals surface area (Å²) in [5.74, 6) is 0.460. The normalized spacial score (nSPS) is 26.1. The van der Waals surface area contributed by atoms with E-state index in [1.807, 2.05) is 20.8 Å². The van der Waals surface area contributed by atoms with Crippen molar-refractivity contribution in [3.63, 3.8) is 0 Å². The zero-order valence-electron chi connectivity index (χ0n) is 11.8. The fourth-order valence-corrected chi connectivity index (χ4v) is 3.01. The first-order valence-electron chi connectivity index (χ1n) is 7.10. The van der Waals surface area contributed by atoms with Gasteiger partial charge in [-0.15, -0.1) is 0 Å². The average Bonchev–Trinajstić information content (AvgIpc) is 3.01. The lowest BCUT2D eigenvalue weighted by atomic mass is 9.91. The first-order chi connectivity index (χ1) is 8.49. The van der Waals surface area contributed by atoms with E-state index in [2.05, 4.69) is 10.6 Å². The van der Waals surface area contributed by atoms with Crippen LogP contribution >= 0.6 is 0 Å². The number of nitrogens with one attached hydrogen (secondary N) is 2. The molecule has 0 radical (unpaired) electrons. The molecule has 1 aliphatic heterocycles. The minimum atomic E-state index is -0.260. The molecular formula is C14H26N2O2. The predicted molar refractivity (Wildman–Crippen MR) is 71.4 cm³/mol. The maximum absolute atomic E-state index is 12.3. The van der Waals surface area contributed by atoms with Crippen LogP contribution in [0.2, 0.25) is 0 Å². The predicted octanol–water partition coefficient (Wildman–Crippen LogP) is 1.31. The number of piperidine rings is 1. The van der Waals surface area contributed by atoms with Gasteiger partial charge in [0.2, 0.25) is 5.91 Å². The molecule has 2 aliphatic rings. The first-order valence-corrected chi connectivity index (χ1v) is 7.10. The lowest BCUT2D eigenvalue weighted by molar-refractivity contribution is -0.125. The smallest absolute Gasteiger partial charge is 0.224 e. The first kappa shape index (κ1) is 13.8. The summed E-state index contributed by atoms with van der Waals surface area (Å²) in [6.45, 7) is 9.42. The molecule has 2 fully saturated rings. The van der Waals surface area contributed by atoms with Crippen LogP contribution in [-0.2, 0) is 9.53 Å². The zero-order chi connectivity index (χ0) is 13.2. The van der Waals surface area contributed by atoms with Gasteiger partial charge in [0, 0.05) is 12.5 Å². The van der Waals surface area contributed by atoms with Gasteiger partial charge in [-0.2, -0.15) is 0 Å². The quantitative estimate of drug-likeness (QED) is 0.777. The van der Waals surface area contributed by atoms with Crippen molar-refractivity contribution in [2.45, 2.75) is 45.6 Å². The molecule has 0 bridgehead atoms. The lowest BCUT2D eigenvalue weighted by Gasteiger charge is -2.28. The molecule has 0 aromatic carbocycles. The number of carbonyl (C=O) groups is 1. The largest absolute Gasteiger partial charge is 0.379 e. The molecule has 1 amide bonds. The Bertz CT molecular complexity index is 309. The molecular weight excluding hydrogens is 228 g/mol. The third kappa shape index (κ3) is 3.04. The fraction of sp³-hybridized carbons (Fsp3) is 0.929. The summed E-state index contributed by atoms with van der Waals surface area (Å²) in [6, 6.07) is 0. The molecule has 0 aromatic heterocycles. The highest BCUT2D eigenvalue weighted by molar-refractivity contribution is 5.83. The molecule has 1 saturated carbocycles. The second-order valence-corrected chi connectivity index (χ2v) is 6.38. The van der Waals surface area contributed by atoms with Crippen molar-refractivity contribution in [1.82, 2.24) is 10.6 Å². The monoisotopic (exact) mass is 254 g/mol. The van der Waals surface area contributed by atoms with Gasteiger partial charge in [0.15, 0.2) is 0 Å². The SMILES string of the molecule is CCOCC(C)(C)NC(=O)[C@@H]1CC12CCNCC2. The second kappa shape index (κ2) is 5.17. The zero-order valence-corrected chi connectivity index (χ0v) is 11.8. The van der Waals surface area contributed by atoms with Gasteiger partial charge in [0.1, 0.15) is 0 Å². The summed E-state index contributed by atoms with van der Waals surface area (Å²) in [5, 5.41) is 6.50. The Morgan fingerprint density at radius 3 is 2.72 bits per heavy atom. The number of amides is 1. The highest BCUT2D eigenvalue weighted by Crippen LogP contribution is 2.58. The maximum Gasteiger partial charge on any atom is 0.224 e. The Morgan fingerprint density at radius 2 is 2.11 bits per heavy atom. The van der Waals surface area contributed by atoms with Crippen molar-refractivity contribution in [1.29, 1.82) is 0 Å². The highest BCUT2D eigenvalue weighted by atomic mass is 16.5. The highest BCUT2D eigenvalue weighted by Gasteiger charge is 2.58. The van der Waals surface area contributed by atoms with E-state index < -0.39 is 0 Å². The number of hydrogen-bond donors (Lipinski definition) is 2. The summed E-state index contributed by atoms with van der Waals surface area (Å²) in [4.78, 5) is 12.3. The van der Waals surface area contributed by atoms with Gasteiger partial charge in [-0.05, 0) is 58.5 Å². The average molecular weight is 254 g/mol. The van der Waals surface area contributed by atoms with Crippen molar-refractivity contribution in [2.24, 2.45) is 11.3 Å². The molecule has 0 aromatic rings. The van der Waals surface area contributed by atoms with Gasteiger partial charge in [-0.3, -0.25) is 4.79 Å². The van der Waals surface area contributed by atoms with E-state index in [0.717, 1.165) is 32.4 Å². The van der Waals surface area contributed by atoms with E-state index in [4.69, 9.17) is 4.74 Å². The van der Waals surface area contributed by atoms with E-state index >= 15 is 0 Å². The second-order valence-electron chi connectivity index (χ2n) is 6.38. The van der Waals surface area contributed by atoms with Crippen LogP contribution in [0.5, 0.6) is 0 Å². The lowest BCUT2D eigenvalue weighted by Crippen LogP contribution is -2.48. The van der Waals surface area contributed by atoms with Gasteiger partial charge in [-0.25, -0.2) is 0 Å². The molecule has 0 unspecified atom stereocenters. The summed E-state index contributed by atoms with van der Waals surface area (Å²) < 4.78 is 5.41. The van der Waals surface area contributed by atoms with E-state index in [0.29, 0.717) is 18.6 Å². The molecule has 1 heterocycles. The molecule has 18 heavy (non-hydrogen) atoms. The number of carbonyl (C=O) groups excluding carboxylic acids is 1. The number of hydrogen-bond acceptors (Lipinski definition) is 3. The molecule has 1 aliphatic carbocycles. The summed E-state index contributed by atoms with van der Waals surface area (Å²) in [5.41, 5.74) is 0.0564. The Hall–Kier alpha value is -0.610. The summed E-state index contributed by atoms with van der Waals surface area (Å²) in [7, 11) is 0. The Labute approximate surface area is 110 Å². The van der Waals surface area contributed by atoms with Crippen molar-refractivity contribution in [2.75, 3.05) is 26.3 Å². The molecule has 2 N–H and O–H groups in total. The van der Waals surface area contributed by atoms with Crippen LogP contribution in [0.4, 0.5) is 0 Å². The van der Waals surface area contributed by atoms with Crippen molar-refractivity contribution in [3.05, 3.63) is 0 Å². The third-order valence-electron chi connectivity index (χ3n) is 4.23. The fourth-order valence-electron chi connectivity index (χ4n) is 3.01. The van der Waals surface area contributed by atoms with Crippen LogP contribution in [-0.4, -0.2) is 37.7 Å². The molecule has 4 nitrogen and oxygen atoms in total. The van der Waals surface area contributed by atoms with Crippen molar-refractivity contribution >= 4 is 5.91 Å². The van der Waals surface area contributed by atoms with Gasteiger partial charge in [-0.1, -0.05) is 0 Å². The molecule has 104 valence electrons. The van der Waals surface area contributed by atoms with Gasteiger partial charge < -0.3 is 15.4 Å². The number of rotatable bonds is 5. The van der Waals surface area contributed by atoms with Gasteiger partial charge in [0.05, 0.1) is 12.1 Å². The van der Waals surface area contributed by atoms with Crippen molar-refractivity contribution < 1.29 is 9.53 Å². The van der Waals surface area contributed by atoms with Crippen LogP contribution in [0.25, 0.3) is 0 Å². The van der Waals surface area contributed by atoms with Gasteiger partial charge >= 0.3 is 0 Å². The summed E-state index contributed by atoms with van der Waals surface area (Å²) in [6.07, 6.45) is 3.37. The molecule has 2 rings (SSSR count). The van der Waals surface area contributed by atoms with E-state index in [1.165, 1.54) is 0 Å².